The summed E-state index contributed by atoms with van der Waals surface area (Å²) >= 11 is 12.7. The molecule has 3 aromatic rings. The van der Waals surface area contributed by atoms with Crippen molar-refractivity contribution in [2.75, 3.05) is 17.9 Å². The van der Waals surface area contributed by atoms with Gasteiger partial charge in [-0.15, -0.1) is 0 Å². The predicted octanol–water partition coefficient (Wildman–Crippen LogP) is 4.97. The lowest BCUT2D eigenvalue weighted by Gasteiger charge is -2.32. The Bertz CT molecular complexity index is 1380. The van der Waals surface area contributed by atoms with Gasteiger partial charge in [-0.2, -0.15) is 0 Å². The smallest absolute Gasteiger partial charge is 0.264 e. The number of benzene rings is 3. The summed E-state index contributed by atoms with van der Waals surface area (Å²) in [6, 6.07) is 17.1. The van der Waals surface area contributed by atoms with E-state index in [0.717, 1.165) is 15.4 Å². The van der Waals surface area contributed by atoms with Crippen molar-refractivity contribution < 1.29 is 18.0 Å². The Hall–Kier alpha value is -3.07. The maximum Gasteiger partial charge on any atom is 0.264 e. The highest BCUT2D eigenvalue weighted by molar-refractivity contribution is 7.92. The van der Waals surface area contributed by atoms with Gasteiger partial charge in [0.15, 0.2) is 0 Å². The van der Waals surface area contributed by atoms with Gasteiger partial charge in [-0.1, -0.05) is 53.5 Å². The minimum Gasteiger partial charge on any atom is -0.357 e. The summed E-state index contributed by atoms with van der Waals surface area (Å²) in [5.41, 5.74) is 2.65. The molecule has 0 saturated carbocycles. The molecule has 10 heteroatoms. The predicted molar refractivity (Wildman–Crippen MR) is 147 cm³/mol. The fraction of sp³-hybridized carbons (Fsp3) is 0.259. The lowest BCUT2D eigenvalue weighted by atomic mass is 10.1. The molecule has 7 nitrogen and oxygen atoms in total. The summed E-state index contributed by atoms with van der Waals surface area (Å²) in [6.07, 6.45) is 0. The van der Waals surface area contributed by atoms with Crippen LogP contribution in [0.4, 0.5) is 5.69 Å². The van der Waals surface area contributed by atoms with Crippen molar-refractivity contribution in [3.8, 4) is 0 Å². The monoisotopic (exact) mass is 561 g/mol. The van der Waals surface area contributed by atoms with Gasteiger partial charge in [-0.3, -0.25) is 13.9 Å². The van der Waals surface area contributed by atoms with Crippen LogP contribution in [0.25, 0.3) is 0 Å². The number of nitrogens with zero attached hydrogens (tertiary/aromatic N) is 2. The van der Waals surface area contributed by atoms with Crippen LogP contribution in [-0.4, -0.2) is 44.8 Å². The average molecular weight is 563 g/mol. The molecule has 0 saturated heterocycles. The number of halogens is 2. The Morgan fingerprint density at radius 2 is 1.54 bits per heavy atom. The second kappa shape index (κ2) is 12.0. The Morgan fingerprint density at radius 3 is 2.11 bits per heavy atom. The number of hydrogen-bond donors (Lipinski definition) is 1. The molecule has 1 atom stereocenters. The van der Waals surface area contributed by atoms with Crippen molar-refractivity contribution in [3.05, 3.63) is 93.5 Å². The fourth-order valence-electron chi connectivity index (χ4n) is 3.77. The molecular formula is C27H29Cl2N3O4S. The van der Waals surface area contributed by atoms with Gasteiger partial charge in [0.2, 0.25) is 11.8 Å². The number of nitrogens with one attached hydrogen (secondary N) is 1. The Labute approximate surface area is 228 Å². The number of anilines is 1. The zero-order chi connectivity index (χ0) is 27.3. The quantitative estimate of drug-likeness (QED) is 0.399. The molecule has 0 heterocycles. The zero-order valence-electron chi connectivity index (χ0n) is 21.0. The van der Waals surface area contributed by atoms with E-state index in [0.29, 0.717) is 21.3 Å². The maximum absolute atomic E-state index is 13.8. The molecule has 3 aromatic carbocycles. The molecule has 0 fully saturated rings. The first-order chi connectivity index (χ1) is 17.5. The van der Waals surface area contributed by atoms with Crippen LogP contribution in [-0.2, 0) is 26.2 Å². The standard InChI is InChI=1S/C27H29Cl2N3O4S/c1-18-13-14-21(15-19(18)2)32(37(35,36)22-9-6-5-7-10-22)17-26(33)31(20(3)27(34)30-4)16-23-24(28)11-8-12-25(23)29/h5-15,20H,16-17H2,1-4H3,(H,30,34)/t20-/m0/s1. The number of carbonyl (C=O) groups excluding carboxylic acids is 2. The second-order valence-corrected chi connectivity index (χ2v) is 11.3. The summed E-state index contributed by atoms with van der Waals surface area (Å²) in [6.45, 7) is 4.72. The van der Waals surface area contributed by atoms with Crippen LogP contribution in [0.5, 0.6) is 0 Å². The van der Waals surface area contributed by atoms with Gasteiger partial charge < -0.3 is 10.2 Å². The summed E-state index contributed by atoms with van der Waals surface area (Å²) < 4.78 is 28.6. The molecule has 3 rings (SSSR count). The van der Waals surface area contributed by atoms with Crippen LogP contribution < -0.4 is 9.62 Å². The molecule has 0 bridgehead atoms. The van der Waals surface area contributed by atoms with Crippen molar-refractivity contribution >= 4 is 50.7 Å². The third kappa shape index (κ3) is 6.44. The molecule has 2 amide bonds. The first-order valence-electron chi connectivity index (χ1n) is 11.6. The van der Waals surface area contributed by atoms with Crippen LogP contribution in [0.15, 0.2) is 71.6 Å². The summed E-state index contributed by atoms with van der Waals surface area (Å²) in [4.78, 5) is 27.7. The van der Waals surface area contributed by atoms with E-state index >= 15 is 0 Å². The van der Waals surface area contributed by atoms with E-state index in [1.54, 1.807) is 61.5 Å². The van der Waals surface area contributed by atoms with E-state index in [9.17, 15) is 18.0 Å². The lowest BCUT2D eigenvalue weighted by molar-refractivity contribution is -0.139. The van der Waals surface area contributed by atoms with E-state index in [-0.39, 0.29) is 11.4 Å². The minimum atomic E-state index is -4.12. The molecule has 0 radical (unpaired) electrons. The van der Waals surface area contributed by atoms with E-state index in [1.165, 1.54) is 24.1 Å². The highest BCUT2D eigenvalue weighted by Gasteiger charge is 2.33. The van der Waals surface area contributed by atoms with Crippen molar-refractivity contribution in [1.29, 1.82) is 0 Å². The number of carbonyl (C=O) groups is 2. The maximum atomic E-state index is 13.8. The van der Waals surface area contributed by atoms with Crippen molar-refractivity contribution in [2.45, 2.75) is 38.3 Å². The number of rotatable bonds is 9. The second-order valence-electron chi connectivity index (χ2n) is 8.61. The van der Waals surface area contributed by atoms with Gasteiger partial charge in [0.1, 0.15) is 12.6 Å². The van der Waals surface area contributed by atoms with E-state index in [1.807, 2.05) is 13.8 Å². The summed E-state index contributed by atoms with van der Waals surface area (Å²) in [5, 5.41) is 3.20. The first-order valence-corrected chi connectivity index (χ1v) is 13.8. The first kappa shape index (κ1) is 28.5. The van der Waals surface area contributed by atoms with Crippen LogP contribution in [0, 0.1) is 13.8 Å². The Balaban J connectivity index is 2.08. The third-order valence-electron chi connectivity index (χ3n) is 6.19. The van der Waals surface area contributed by atoms with Gasteiger partial charge in [-0.25, -0.2) is 8.42 Å². The van der Waals surface area contributed by atoms with Gasteiger partial charge in [-0.05, 0) is 68.3 Å². The number of amides is 2. The topological polar surface area (TPSA) is 86.8 Å². The molecule has 1 N–H and O–H groups in total. The number of hydrogen-bond acceptors (Lipinski definition) is 4. The SMILES string of the molecule is CNC(=O)[C@H](C)N(Cc1c(Cl)cccc1Cl)C(=O)CN(c1ccc(C)c(C)c1)S(=O)(=O)c1ccccc1. The molecular weight excluding hydrogens is 533 g/mol. The number of likely N-dealkylation sites (N-methyl/N-ethyl adjacent to an activating group) is 1. The van der Waals surface area contributed by atoms with Crippen molar-refractivity contribution in [1.82, 2.24) is 10.2 Å². The molecule has 0 aromatic heterocycles. The van der Waals surface area contributed by atoms with Crippen molar-refractivity contribution in [3.63, 3.8) is 0 Å². The van der Waals surface area contributed by atoms with Gasteiger partial charge in [0.25, 0.3) is 10.0 Å². The van der Waals surface area contributed by atoms with E-state index in [2.05, 4.69) is 5.32 Å². The van der Waals surface area contributed by atoms with Gasteiger partial charge in [0, 0.05) is 29.2 Å². The van der Waals surface area contributed by atoms with Crippen LogP contribution in [0.2, 0.25) is 10.0 Å². The summed E-state index contributed by atoms with van der Waals surface area (Å²) in [5.74, 6) is -1.01. The minimum absolute atomic E-state index is 0.0427. The van der Waals surface area contributed by atoms with Crippen LogP contribution >= 0.6 is 23.2 Å². The van der Waals surface area contributed by atoms with Gasteiger partial charge >= 0.3 is 0 Å². The van der Waals surface area contributed by atoms with E-state index in [4.69, 9.17) is 23.2 Å². The fourth-order valence-corrected chi connectivity index (χ4v) is 5.72. The van der Waals surface area contributed by atoms with Gasteiger partial charge in [0.05, 0.1) is 10.6 Å². The number of aryl methyl sites for hydroxylation is 2. The Morgan fingerprint density at radius 1 is 0.919 bits per heavy atom. The average Bonchev–Trinajstić information content (AvgIpc) is 2.88. The molecule has 0 unspecified atom stereocenters. The Kier molecular flexibility index (Phi) is 9.23. The molecule has 0 aliphatic rings. The van der Waals surface area contributed by atoms with Crippen molar-refractivity contribution in [2.24, 2.45) is 0 Å². The normalized spacial score (nSPS) is 12.1. The van der Waals surface area contributed by atoms with Crippen LogP contribution in [0.1, 0.15) is 23.6 Å². The molecule has 37 heavy (non-hydrogen) atoms. The lowest BCUT2D eigenvalue weighted by Crippen LogP contribution is -2.50. The summed E-state index contributed by atoms with van der Waals surface area (Å²) in [7, 11) is -2.66. The zero-order valence-corrected chi connectivity index (χ0v) is 23.4. The largest absolute Gasteiger partial charge is 0.357 e. The molecule has 196 valence electrons. The molecule has 0 spiro atoms. The van der Waals surface area contributed by atoms with Crippen LogP contribution in [0.3, 0.4) is 0 Å². The third-order valence-corrected chi connectivity index (χ3v) is 8.69. The highest BCUT2D eigenvalue weighted by atomic mass is 35.5. The molecule has 0 aliphatic heterocycles. The highest BCUT2D eigenvalue weighted by Crippen LogP contribution is 2.29. The molecule has 0 aliphatic carbocycles. The van der Waals surface area contributed by atoms with E-state index < -0.39 is 34.4 Å². The number of sulfonamides is 1.